The van der Waals surface area contributed by atoms with E-state index in [-0.39, 0.29) is 6.03 Å². The zero-order chi connectivity index (χ0) is 18.2. The largest absolute Gasteiger partial charge is 0.497 e. The topological polar surface area (TPSA) is 76.8 Å². The van der Waals surface area contributed by atoms with E-state index in [2.05, 4.69) is 17.4 Å². The molecule has 1 aromatic heterocycles. The number of aromatic nitrogens is 1. The number of methoxy groups -OCH3 is 1. The maximum absolute atomic E-state index is 12.5. The Labute approximate surface area is 147 Å². The normalized spacial score (nSPS) is 10.4. The number of hydrogen-bond acceptors (Lipinski definition) is 5. The minimum atomic E-state index is -0.269. The Morgan fingerprint density at radius 1 is 1.36 bits per heavy atom. The summed E-state index contributed by atoms with van der Waals surface area (Å²) in [5, 5.41) is 6.76. The zero-order valence-electron chi connectivity index (χ0n) is 15.2. The summed E-state index contributed by atoms with van der Waals surface area (Å²) in [6, 6.07) is 6.88. The highest BCUT2D eigenvalue weighted by atomic mass is 16.5. The van der Waals surface area contributed by atoms with E-state index in [1.165, 1.54) is 4.90 Å². The molecule has 2 rings (SSSR count). The Morgan fingerprint density at radius 3 is 2.80 bits per heavy atom. The van der Waals surface area contributed by atoms with E-state index < -0.39 is 0 Å². The smallest absolute Gasteiger partial charge is 0.322 e. The third-order valence-electron chi connectivity index (χ3n) is 3.61. The molecule has 136 valence electrons. The Kier molecular flexibility index (Phi) is 6.68. The first-order valence-electron chi connectivity index (χ1n) is 8.28. The van der Waals surface area contributed by atoms with Crippen molar-refractivity contribution in [2.45, 2.75) is 33.2 Å². The van der Waals surface area contributed by atoms with Crippen LogP contribution in [0.5, 0.6) is 11.5 Å². The van der Waals surface area contributed by atoms with Crippen molar-refractivity contribution >= 4 is 11.7 Å². The van der Waals surface area contributed by atoms with E-state index in [0.717, 1.165) is 12.8 Å². The van der Waals surface area contributed by atoms with Gasteiger partial charge in [-0.2, -0.15) is 0 Å². The highest BCUT2D eigenvalue weighted by Crippen LogP contribution is 2.29. The molecule has 0 aliphatic rings. The van der Waals surface area contributed by atoms with Crippen LogP contribution in [0.1, 0.15) is 31.2 Å². The van der Waals surface area contributed by atoms with Crippen LogP contribution in [0.25, 0.3) is 0 Å². The number of carbonyl (C=O) groups is 1. The lowest BCUT2D eigenvalue weighted by Crippen LogP contribution is -2.31. The molecule has 0 aliphatic heterocycles. The average molecular weight is 347 g/mol. The van der Waals surface area contributed by atoms with Crippen LogP contribution >= 0.6 is 0 Å². The second-order valence-corrected chi connectivity index (χ2v) is 5.78. The lowest BCUT2D eigenvalue weighted by Gasteiger charge is -2.19. The van der Waals surface area contributed by atoms with Gasteiger partial charge in [-0.3, -0.25) is 0 Å². The van der Waals surface area contributed by atoms with Gasteiger partial charge in [0, 0.05) is 19.2 Å². The summed E-state index contributed by atoms with van der Waals surface area (Å²) in [5.41, 5.74) is 1.27. The molecule has 0 fully saturated rings. The number of unbranched alkanes of at least 4 members (excludes halogenated alkanes) is 1. The third kappa shape index (κ3) is 5.41. The summed E-state index contributed by atoms with van der Waals surface area (Å²) in [5.74, 6) is 1.98. The standard InChI is InChI=1S/C18H25N3O4/c1-5-6-9-24-17-8-7-15(23-4)11-16(17)19-18(22)21(3)12-14-10-13(2)25-20-14/h7-8,10-11H,5-6,9,12H2,1-4H3,(H,19,22). The Bertz CT molecular complexity index is 699. The van der Waals surface area contributed by atoms with Gasteiger partial charge in [0.2, 0.25) is 0 Å². The predicted octanol–water partition coefficient (Wildman–Crippen LogP) is 3.83. The van der Waals surface area contributed by atoms with Gasteiger partial charge in [-0.25, -0.2) is 4.79 Å². The lowest BCUT2D eigenvalue weighted by molar-refractivity contribution is 0.219. The molecule has 0 unspecified atom stereocenters. The van der Waals surface area contributed by atoms with E-state index >= 15 is 0 Å². The number of aryl methyl sites for hydroxylation is 1. The van der Waals surface area contributed by atoms with Gasteiger partial charge in [-0.15, -0.1) is 0 Å². The molecular weight excluding hydrogens is 322 g/mol. The van der Waals surface area contributed by atoms with Crippen molar-refractivity contribution in [3.05, 3.63) is 35.7 Å². The highest BCUT2D eigenvalue weighted by Gasteiger charge is 2.15. The molecule has 1 N–H and O–H groups in total. The Balaban J connectivity index is 2.06. The van der Waals surface area contributed by atoms with Crippen LogP contribution < -0.4 is 14.8 Å². The number of nitrogens with zero attached hydrogens (tertiary/aromatic N) is 2. The number of hydrogen-bond donors (Lipinski definition) is 1. The van der Waals surface area contributed by atoms with Crippen LogP contribution in [-0.4, -0.2) is 36.9 Å². The molecule has 0 atom stereocenters. The molecule has 0 bridgehead atoms. The minimum Gasteiger partial charge on any atom is -0.497 e. The summed E-state index contributed by atoms with van der Waals surface area (Å²) in [4.78, 5) is 14.0. The van der Waals surface area contributed by atoms with Crippen molar-refractivity contribution in [1.82, 2.24) is 10.1 Å². The fourth-order valence-corrected chi connectivity index (χ4v) is 2.20. The van der Waals surface area contributed by atoms with Crippen molar-refractivity contribution in [3.8, 4) is 11.5 Å². The van der Waals surface area contributed by atoms with Crippen LogP contribution in [0.15, 0.2) is 28.8 Å². The number of amides is 2. The van der Waals surface area contributed by atoms with Crippen LogP contribution in [-0.2, 0) is 6.54 Å². The van der Waals surface area contributed by atoms with Crippen molar-refractivity contribution < 1.29 is 18.8 Å². The number of anilines is 1. The van der Waals surface area contributed by atoms with E-state index in [0.29, 0.717) is 41.8 Å². The highest BCUT2D eigenvalue weighted by molar-refractivity contribution is 5.91. The summed E-state index contributed by atoms with van der Waals surface area (Å²) >= 11 is 0. The van der Waals surface area contributed by atoms with Gasteiger partial charge in [-0.1, -0.05) is 18.5 Å². The monoisotopic (exact) mass is 347 g/mol. The first-order chi connectivity index (χ1) is 12.0. The molecule has 0 radical (unpaired) electrons. The number of carbonyl (C=O) groups excluding carboxylic acids is 1. The fraction of sp³-hybridized carbons (Fsp3) is 0.444. The van der Waals surface area contributed by atoms with E-state index in [1.807, 2.05) is 6.92 Å². The minimum absolute atomic E-state index is 0.269. The van der Waals surface area contributed by atoms with Gasteiger partial charge in [0.15, 0.2) is 0 Å². The second-order valence-electron chi connectivity index (χ2n) is 5.78. The summed E-state index contributed by atoms with van der Waals surface area (Å²) in [6.07, 6.45) is 1.99. The summed E-state index contributed by atoms with van der Waals surface area (Å²) < 4.78 is 16.0. The Morgan fingerprint density at radius 2 is 2.16 bits per heavy atom. The number of urea groups is 1. The van der Waals surface area contributed by atoms with Gasteiger partial charge >= 0.3 is 6.03 Å². The van der Waals surface area contributed by atoms with Crippen LogP contribution in [0, 0.1) is 6.92 Å². The first-order valence-corrected chi connectivity index (χ1v) is 8.28. The molecule has 0 saturated carbocycles. The zero-order valence-corrected chi connectivity index (χ0v) is 15.2. The third-order valence-corrected chi connectivity index (χ3v) is 3.61. The molecular formula is C18H25N3O4. The molecule has 2 amide bonds. The molecule has 7 nitrogen and oxygen atoms in total. The quantitative estimate of drug-likeness (QED) is 0.734. The van der Waals surface area contributed by atoms with Crippen molar-refractivity contribution in [2.75, 3.05) is 26.1 Å². The van der Waals surface area contributed by atoms with Crippen LogP contribution in [0.4, 0.5) is 10.5 Å². The fourth-order valence-electron chi connectivity index (χ4n) is 2.20. The lowest BCUT2D eigenvalue weighted by atomic mass is 10.2. The van der Waals surface area contributed by atoms with Gasteiger partial charge in [0.1, 0.15) is 23.0 Å². The molecule has 0 aliphatic carbocycles. The molecule has 1 heterocycles. The van der Waals surface area contributed by atoms with Gasteiger partial charge in [-0.05, 0) is 25.5 Å². The SMILES string of the molecule is CCCCOc1ccc(OC)cc1NC(=O)N(C)Cc1cc(C)on1. The molecule has 2 aromatic rings. The number of rotatable bonds is 8. The van der Waals surface area contributed by atoms with E-state index in [1.54, 1.807) is 38.4 Å². The van der Waals surface area contributed by atoms with Gasteiger partial charge in [0.05, 0.1) is 25.9 Å². The maximum Gasteiger partial charge on any atom is 0.322 e. The Hall–Kier alpha value is -2.70. The van der Waals surface area contributed by atoms with Crippen LogP contribution in [0.2, 0.25) is 0 Å². The summed E-state index contributed by atoms with van der Waals surface area (Å²) in [7, 11) is 3.27. The molecule has 0 spiro atoms. The molecule has 1 aromatic carbocycles. The first kappa shape index (κ1) is 18.6. The van der Waals surface area contributed by atoms with Crippen molar-refractivity contribution in [3.63, 3.8) is 0 Å². The van der Waals surface area contributed by atoms with Crippen molar-refractivity contribution in [2.24, 2.45) is 0 Å². The maximum atomic E-state index is 12.5. The molecule has 25 heavy (non-hydrogen) atoms. The average Bonchev–Trinajstić information content (AvgIpc) is 3.01. The van der Waals surface area contributed by atoms with Crippen molar-refractivity contribution in [1.29, 1.82) is 0 Å². The van der Waals surface area contributed by atoms with E-state index in [4.69, 9.17) is 14.0 Å². The predicted molar refractivity (Wildman–Crippen MR) is 95.1 cm³/mol. The number of nitrogens with one attached hydrogen (secondary N) is 1. The van der Waals surface area contributed by atoms with Crippen LogP contribution in [0.3, 0.4) is 0 Å². The van der Waals surface area contributed by atoms with E-state index in [9.17, 15) is 4.79 Å². The summed E-state index contributed by atoms with van der Waals surface area (Å²) in [6.45, 7) is 4.85. The molecule has 0 saturated heterocycles. The number of ether oxygens (including phenoxy) is 2. The number of benzene rings is 1. The van der Waals surface area contributed by atoms with Gasteiger partial charge < -0.3 is 24.2 Å². The van der Waals surface area contributed by atoms with Gasteiger partial charge in [0.25, 0.3) is 0 Å². The second kappa shape index (κ2) is 8.96. The molecule has 7 heteroatoms.